The summed E-state index contributed by atoms with van der Waals surface area (Å²) in [5.41, 5.74) is 6.52. The number of hydrogen-bond donors (Lipinski definition) is 4. The number of rotatable bonds is 10. The molecule has 0 saturated carbocycles. The molecule has 0 fully saturated rings. The summed E-state index contributed by atoms with van der Waals surface area (Å²) in [7, 11) is 1.53. The monoisotopic (exact) mass is 532 g/mol. The van der Waals surface area contributed by atoms with Crippen LogP contribution in [0, 0.1) is 12.8 Å². The van der Waals surface area contributed by atoms with Gasteiger partial charge in [-0.2, -0.15) is 0 Å². The zero-order valence-corrected chi connectivity index (χ0v) is 22.2. The normalized spacial score (nSPS) is 11.2. The lowest BCUT2D eigenvalue weighted by molar-refractivity contribution is -0.131. The maximum atomic E-state index is 13.1. The fourth-order valence-electron chi connectivity index (χ4n) is 3.51. The van der Waals surface area contributed by atoms with Crippen LogP contribution in [0.15, 0.2) is 72.8 Å². The Hall–Kier alpha value is -4.86. The quantitative estimate of drug-likeness (QED) is 0.296. The molecule has 0 aliphatic heterocycles. The van der Waals surface area contributed by atoms with E-state index < -0.39 is 29.7 Å². The summed E-state index contributed by atoms with van der Waals surface area (Å²) in [6, 6.07) is 19.2. The van der Waals surface area contributed by atoms with Crippen molar-refractivity contribution < 1.29 is 28.7 Å². The van der Waals surface area contributed by atoms with Gasteiger partial charge in [-0.1, -0.05) is 43.7 Å². The highest BCUT2D eigenvalue weighted by Gasteiger charge is 2.26. The van der Waals surface area contributed by atoms with Crippen molar-refractivity contribution in [2.45, 2.75) is 26.8 Å². The average molecular weight is 533 g/mol. The van der Waals surface area contributed by atoms with Crippen LogP contribution in [-0.4, -0.2) is 43.4 Å². The van der Waals surface area contributed by atoms with Crippen molar-refractivity contribution >= 4 is 29.3 Å². The average Bonchev–Trinajstić information content (AvgIpc) is 2.94. The predicted octanol–water partition coefficient (Wildman–Crippen LogP) is 3.24. The van der Waals surface area contributed by atoms with Crippen molar-refractivity contribution in [1.82, 2.24) is 16.2 Å². The molecule has 4 N–H and O–H groups in total. The molecular formula is C29H32N4O6. The molecule has 10 heteroatoms. The van der Waals surface area contributed by atoms with Gasteiger partial charge in [0.05, 0.1) is 18.4 Å². The van der Waals surface area contributed by atoms with Gasteiger partial charge >= 0.3 is 0 Å². The molecule has 0 aliphatic carbocycles. The van der Waals surface area contributed by atoms with Crippen LogP contribution >= 0.6 is 0 Å². The number of ether oxygens (including phenoxy) is 2. The fraction of sp³-hybridized carbons (Fsp3) is 0.241. The van der Waals surface area contributed by atoms with E-state index >= 15 is 0 Å². The van der Waals surface area contributed by atoms with Gasteiger partial charge in [-0.25, -0.2) is 0 Å². The molecule has 0 saturated heterocycles. The Morgan fingerprint density at radius 1 is 0.795 bits per heavy atom. The summed E-state index contributed by atoms with van der Waals surface area (Å²) in [5, 5.41) is 5.42. The summed E-state index contributed by atoms with van der Waals surface area (Å²) >= 11 is 0. The van der Waals surface area contributed by atoms with Gasteiger partial charge in [0.15, 0.2) is 6.61 Å². The van der Waals surface area contributed by atoms with Crippen molar-refractivity contribution in [3.05, 3.63) is 89.5 Å². The highest BCUT2D eigenvalue weighted by Crippen LogP contribution is 2.18. The molecule has 0 bridgehead atoms. The third-order valence-corrected chi connectivity index (χ3v) is 5.72. The maximum Gasteiger partial charge on any atom is 0.276 e. The van der Waals surface area contributed by atoms with Gasteiger partial charge < -0.3 is 20.1 Å². The minimum absolute atomic E-state index is 0.174. The highest BCUT2D eigenvalue weighted by molar-refractivity contribution is 6.09. The topological polar surface area (TPSA) is 135 Å². The van der Waals surface area contributed by atoms with Crippen molar-refractivity contribution in [3.8, 4) is 11.5 Å². The van der Waals surface area contributed by atoms with Crippen molar-refractivity contribution in [1.29, 1.82) is 0 Å². The molecule has 1 atom stereocenters. The standard InChI is InChI=1S/C29H32N4O6/c1-18(2)26(29(37)33-32-25(34)17-39-22-13-9-19(3)10-14-22)31-28(36)23-7-5-6-8-24(23)30-27(35)20-11-15-21(38-4)16-12-20/h5-16,18,26H,17H2,1-4H3,(H,30,35)(H,31,36)(H,32,34)(H,33,37). The summed E-state index contributed by atoms with van der Waals surface area (Å²) < 4.78 is 10.5. The molecule has 0 aliphatic rings. The molecule has 0 radical (unpaired) electrons. The third-order valence-electron chi connectivity index (χ3n) is 5.72. The molecule has 10 nitrogen and oxygen atoms in total. The molecule has 3 aromatic rings. The molecule has 204 valence electrons. The van der Waals surface area contributed by atoms with Gasteiger partial charge in [0, 0.05) is 5.56 Å². The summed E-state index contributed by atoms with van der Waals surface area (Å²) in [6.07, 6.45) is 0. The number of aryl methyl sites for hydroxylation is 1. The number of carbonyl (C=O) groups is 4. The van der Waals surface area contributed by atoms with Gasteiger partial charge in [-0.05, 0) is 61.4 Å². The molecule has 0 spiro atoms. The first-order valence-electron chi connectivity index (χ1n) is 12.3. The van der Waals surface area contributed by atoms with Crippen LogP contribution in [0.3, 0.4) is 0 Å². The number of benzene rings is 3. The SMILES string of the molecule is COc1ccc(C(=O)Nc2ccccc2C(=O)NC(C(=O)NNC(=O)COc2ccc(C)cc2)C(C)C)cc1. The molecular weight excluding hydrogens is 500 g/mol. The number of carbonyl (C=O) groups excluding carboxylic acids is 4. The zero-order chi connectivity index (χ0) is 28.4. The minimum atomic E-state index is -0.971. The Kier molecular flexibility index (Phi) is 10.0. The Labute approximate surface area is 227 Å². The van der Waals surface area contributed by atoms with E-state index in [2.05, 4.69) is 21.5 Å². The van der Waals surface area contributed by atoms with Gasteiger partial charge in [0.1, 0.15) is 17.5 Å². The van der Waals surface area contributed by atoms with E-state index in [0.717, 1.165) is 5.56 Å². The van der Waals surface area contributed by atoms with Crippen LogP contribution in [0.25, 0.3) is 0 Å². The molecule has 0 heterocycles. The third kappa shape index (κ3) is 8.32. The van der Waals surface area contributed by atoms with E-state index in [-0.39, 0.29) is 23.8 Å². The lowest BCUT2D eigenvalue weighted by atomic mass is 10.0. The zero-order valence-electron chi connectivity index (χ0n) is 22.2. The van der Waals surface area contributed by atoms with Crippen LogP contribution < -0.4 is 31.0 Å². The lowest BCUT2D eigenvalue weighted by Gasteiger charge is -2.22. The van der Waals surface area contributed by atoms with Crippen LogP contribution in [0.4, 0.5) is 5.69 Å². The first kappa shape index (κ1) is 28.7. The van der Waals surface area contributed by atoms with E-state index in [1.54, 1.807) is 74.5 Å². The Bertz CT molecular complexity index is 1310. The number of hydrogen-bond acceptors (Lipinski definition) is 6. The van der Waals surface area contributed by atoms with E-state index in [4.69, 9.17) is 9.47 Å². The summed E-state index contributed by atoms with van der Waals surface area (Å²) in [4.78, 5) is 50.8. The highest BCUT2D eigenvalue weighted by atomic mass is 16.5. The Morgan fingerprint density at radius 3 is 2.08 bits per heavy atom. The van der Waals surface area contributed by atoms with Crippen molar-refractivity contribution in [2.24, 2.45) is 5.92 Å². The van der Waals surface area contributed by atoms with E-state index in [0.29, 0.717) is 17.1 Å². The second kappa shape index (κ2) is 13.6. The summed E-state index contributed by atoms with van der Waals surface area (Å²) in [5.74, 6) is -1.33. The van der Waals surface area contributed by atoms with E-state index in [1.165, 1.54) is 7.11 Å². The number of amides is 4. The van der Waals surface area contributed by atoms with Crippen LogP contribution in [-0.2, 0) is 9.59 Å². The predicted molar refractivity (Wildman–Crippen MR) is 146 cm³/mol. The number of hydrazine groups is 1. The van der Waals surface area contributed by atoms with Crippen molar-refractivity contribution in [2.75, 3.05) is 19.0 Å². The Balaban J connectivity index is 1.59. The smallest absolute Gasteiger partial charge is 0.276 e. The van der Waals surface area contributed by atoms with E-state index in [1.807, 2.05) is 19.1 Å². The lowest BCUT2D eigenvalue weighted by Crippen LogP contribution is -2.55. The largest absolute Gasteiger partial charge is 0.497 e. The van der Waals surface area contributed by atoms with E-state index in [9.17, 15) is 19.2 Å². The van der Waals surface area contributed by atoms with Crippen LogP contribution in [0.2, 0.25) is 0 Å². The van der Waals surface area contributed by atoms with Gasteiger partial charge in [-0.3, -0.25) is 30.0 Å². The molecule has 3 aromatic carbocycles. The van der Waals surface area contributed by atoms with Gasteiger partial charge in [0.25, 0.3) is 23.6 Å². The van der Waals surface area contributed by atoms with Crippen LogP contribution in [0.1, 0.15) is 40.1 Å². The number of para-hydroxylation sites is 1. The second-order valence-corrected chi connectivity index (χ2v) is 9.06. The minimum Gasteiger partial charge on any atom is -0.497 e. The molecule has 0 aromatic heterocycles. The number of anilines is 1. The number of methoxy groups -OCH3 is 1. The van der Waals surface area contributed by atoms with Crippen LogP contribution in [0.5, 0.6) is 11.5 Å². The second-order valence-electron chi connectivity index (χ2n) is 9.06. The molecule has 4 amide bonds. The van der Waals surface area contributed by atoms with Gasteiger partial charge in [0.2, 0.25) is 0 Å². The first-order valence-corrected chi connectivity index (χ1v) is 12.3. The maximum absolute atomic E-state index is 13.1. The number of nitrogens with one attached hydrogen (secondary N) is 4. The van der Waals surface area contributed by atoms with Crippen molar-refractivity contribution in [3.63, 3.8) is 0 Å². The molecule has 39 heavy (non-hydrogen) atoms. The summed E-state index contributed by atoms with van der Waals surface area (Å²) in [6.45, 7) is 5.14. The first-order chi connectivity index (χ1) is 18.7. The molecule has 1 unspecified atom stereocenters. The fourth-order valence-corrected chi connectivity index (χ4v) is 3.51. The molecule has 3 rings (SSSR count). The van der Waals surface area contributed by atoms with Gasteiger partial charge in [-0.15, -0.1) is 0 Å². The Morgan fingerprint density at radius 2 is 1.44 bits per heavy atom.